The van der Waals surface area contributed by atoms with Crippen molar-refractivity contribution in [2.75, 3.05) is 0 Å². The molecule has 0 radical (unpaired) electrons. The molecule has 178 valence electrons. The highest BCUT2D eigenvalue weighted by Gasteiger charge is 2.26. The molecule has 4 aromatic rings. The molecule has 10 heteroatoms. The van der Waals surface area contributed by atoms with Crippen LogP contribution in [0.15, 0.2) is 58.3 Å². The fraction of sp³-hybridized carbons (Fsp3) is 0.292. The maximum atomic E-state index is 12.6. The zero-order valence-corrected chi connectivity index (χ0v) is 21.2. The number of fused-ring (bicyclic) bond motifs is 1. The number of hydrogen-bond donors (Lipinski definition) is 2. The number of benzene rings is 2. The summed E-state index contributed by atoms with van der Waals surface area (Å²) < 4.78 is 11.4. The number of carbonyl (C=O) groups excluding carboxylic acids is 1. The molecule has 2 heterocycles. The third kappa shape index (κ3) is 6.25. The molecule has 7 nitrogen and oxygen atoms in total. The first kappa shape index (κ1) is 24.4. The molecule has 0 fully saturated rings. The number of rotatable bonds is 7. The van der Waals surface area contributed by atoms with Crippen molar-refractivity contribution >= 4 is 52.0 Å². The predicted molar refractivity (Wildman–Crippen MR) is 134 cm³/mol. The lowest BCUT2D eigenvalue weighted by atomic mass is 10.1. The van der Waals surface area contributed by atoms with Crippen molar-refractivity contribution in [3.8, 4) is 0 Å². The van der Waals surface area contributed by atoms with Gasteiger partial charge in [-0.25, -0.2) is 4.79 Å². The van der Waals surface area contributed by atoms with Crippen LogP contribution in [0.25, 0.3) is 10.9 Å². The van der Waals surface area contributed by atoms with Crippen LogP contribution in [0.5, 0.6) is 0 Å². The zero-order chi connectivity index (χ0) is 24.3. The minimum Gasteiger partial charge on any atom is -0.444 e. The Balaban J connectivity index is 1.53. The SMILES string of the molecule is CC(C)(C)OC(=O)N[C@H](Cc1c[nH]c2ccccc12)c1nnc(SCc2ccc(Cl)cc2Cl)o1. The van der Waals surface area contributed by atoms with Gasteiger partial charge in [0.15, 0.2) is 0 Å². The molecule has 0 unspecified atom stereocenters. The second-order valence-electron chi connectivity index (χ2n) is 8.69. The van der Waals surface area contributed by atoms with Crippen LogP contribution in [-0.4, -0.2) is 26.9 Å². The number of alkyl carbamates (subject to hydrolysis) is 1. The Morgan fingerprint density at radius 3 is 2.74 bits per heavy atom. The van der Waals surface area contributed by atoms with Gasteiger partial charge >= 0.3 is 6.09 Å². The van der Waals surface area contributed by atoms with Gasteiger partial charge in [0.1, 0.15) is 11.6 Å². The van der Waals surface area contributed by atoms with Crippen molar-refractivity contribution in [1.82, 2.24) is 20.5 Å². The van der Waals surface area contributed by atoms with E-state index in [9.17, 15) is 4.79 Å². The molecule has 0 aliphatic carbocycles. The van der Waals surface area contributed by atoms with Crippen molar-refractivity contribution in [1.29, 1.82) is 0 Å². The van der Waals surface area contributed by atoms with E-state index in [1.165, 1.54) is 11.8 Å². The van der Waals surface area contributed by atoms with E-state index in [4.69, 9.17) is 32.4 Å². The van der Waals surface area contributed by atoms with Crippen LogP contribution in [0.4, 0.5) is 4.79 Å². The Labute approximate surface area is 211 Å². The molecular formula is C24H24Cl2N4O3S. The molecule has 0 aliphatic heterocycles. The fourth-order valence-electron chi connectivity index (χ4n) is 3.37. The number of amides is 1. The first-order valence-corrected chi connectivity index (χ1v) is 12.4. The summed E-state index contributed by atoms with van der Waals surface area (Å²) in [5, 5.41) is 13.8. The predicted octanol–water partition coefficient (Wildman–Crippen LogP) is 6.96. The maximum Gasteiger partial charge on any atom is 0.408 e. The minimum atomic E-state index is -0.636. The summed E-state index contributed by atoms with van der Waals surface area (Å²) in [6.07, 6.45) is 1.80. The quantitative estimate of drug-likeness (QED) is 0.257. The standard InChI is InChI=1S/C24H24Cl2N4O3S/c1-24(2,3)33-22(31)28-20(10-15-12-27-19-7-5-4-6-17(15)19)21-29-30-23(32-21)34-13-14-8-9-16(25)11-18(14)26/h4-9,11-12,20,27H,10,13H2,1-3H3,(H,28,31)/t20-/m1/s1. The summed E-state index contributed by atoms with van der Waals surface area (Å²) in [5.74, 6) is 0.824. The molecule has 0 saturated carbocycles. The van der Waals surface area contributed by atoms with Crippen LogP contribution in [0.1, 0.15) is 43.8 Å². The molecule has 0 spiro atoms. The van der Waals surface area contributed by atoms with Gasteiger partial charge in [0.2, 0.25) is 5.89 Å². The van der Waals surface area contributed by atoms with Crippen molar-refractivity contribution < 1.29 is 13.9 Å². The highest BCUT2D eigenvalue weighted by Crippen LogP contribution is 2.30. The van der Waals surface area contributed by atoms with Crippen LogP contribution in [-0.2, 0) is 16.9 Å². The summed E-state index contributed by atoms with van der Waals surface area (Å²) >= 11 is 13.6. The molecule has 1 atom stereocenters. The van der Waals surface area contributed by atoms with E-state index in [1.807, 2.05) is 57.3 Å². The topological polar surface area (TPSA) is 93.0 Å². The first-order chi connectivity index (χ1) is 16.2. The number of carbonyl (C=O) groups is 1. The third-order valence-electron chi connectivity index (χ3n) is 4.88. The summed E-state index contributed by atoms with van der Waals surface area (Å²) in [5.41, 5.74) is 2.29. The molecule has 34 heavy (non-hydrogen) atoms. The van der Waals surface area contributed by atoms with Gasteiger partial charge in [-0.15, -0.1) is 10.2 Å². The second kappa shape index (κ2) is 10.3. The number of nitrogens with zero attached hydrogens (tertiary/aromatic N) is 2. The normalized spacial score (nSPS) is 12.6. The number of para-hydroxylation sites is 1. The molecule has 2 N–H and O–H groups in total. The number of nitrogens with one attached hydrogen (secondary N) is 2. The van der Waals surface area contributed by atoms with Gasteiger partial charge in [0, 0.05) is 39.3 Å². The van der Waals surface area contributed by atoms with Gasteiger partial charge in [-0.1, -0.05) is 59.2 Å². The summed E-state index contributed by atoms with van der Waals surface area (Å²) in [6.45, 7) is 5.43. The number of H-pyrrole nitrogens is 1. The van der Waals surface area contributed by atoms with Gasteiger partial charge in [0.25, 0.3) is 5.22 Å². The molecular weight excluding hydrogens is 495 g/mol. The Morgan fingerprint density at radius 1 is 1.18 bits per heavy atom. The smallest absolute Gasteiger partial charge is 0.408 e. The molecule has 0 bridgehead atoms. The van der Waals surface area contributed by atoms with Gasteiger partial charge in [-0.05, 0) is 50.1 Å². The first-order valence-electron chi connectivity index (χ1n) is 10.6. The Hall–Kier alpha value is -2.68. The van der Waals surface area contributed by atoms with Crippen molar-refractivity contribution in [2.45, 2.75) is 49.8 Å². The Morgan fingerprint density at radius 2 is 1.97 bits per heavy atom. The van der Waals surface area contributed by atoms with Gasteiger partial charge in [-0.3, -0.25) is 0 Å². The monoisotopic (exact) mass is 518 g/mol. The summed E-state index contributed by atoms with van der Waals surface area (Å²) in [4.78, 5) is 15.8. The number of hydrogen-bond acceptors (Lipinski definition) is 6. The largest absolute Gasteiger partial charge is 0.444 e. The van der Waals surface area contributed by atoms with Gasteiger partial charge < -0.3 is 19.5 Å². The second-order valence-corrected chi connectivity index (χ2v) is 10.5. The summed E-state index contributed by atoms with van der Waals surface area (Å²) in [6, 6.07) is 12.7. The Kier molecular flexibility index (Phi) is 7.40. The van der Waals surface area contributed by atoms with Crippen LogP contribution in [0.3, 0.4) is 0 Å². The average Bonchev–Trinajstić information content (AvgIpc) is 3.39. The van der Waals surface area contributed by atoms with Crippen molar-refractivity contribution in [3.63, 3.8) is 0 Å². The van der Waals surface area contributed by atoms with E-state index in [-0.39, 0.29) is 0 Å². The number of halogens is 2. The number of aromatic amines is 1. The van der Waals surface area contributed by atoms with E-state index in [2.05, 4.69) is 20.5 Å². The van der Waals surface area contributed by atoms with Crippen LogP contribution < -0.4 is 5.32 Å². The van der Waals surface area contributed by atoms with Crippen LogP contribution in [0.2, 0.25) is 10.0 Å². The lowest BCUT2D eigenvalue weighted by Crippen LogP contribution is -2.36. The fourth-order valence-corrected chi connectivity index (χ4v) is 4.70. The van der Waals surface area contributed by atoms with Gasteiger partial charge in [0.05, 0.1) is 0 Å². The van der Waals surface area contributed by atoms with Gasteiger partial charge in [-0.2, -0.15) is 0 Å². The van der Waals surface area contributed by atoms with E-state index in [0.717, 1.165) is 22.0 Å². The molecule has 0 saturated heterocycles. The van der Waals surface area contributed by atoms with Crippen molar-refractivity contribution in [3.05, 3.63) is 75.7 Å². The average molecular weight is 519 g/mol. The number of aromatic nitrogens is 3. The van der Waals surface area contributed by atoms with E-state index >= 15 is 0 Å². The number of ether oxygens (including phenoxy) is 1. The molecule has 1 amide bonds. The molecule has 2 aromatic carbocycles. The number of thioether (sulfide) groups is 1. The van der Waals surface area contributed by atoms with Crippen LogP contribution in [0, 0.1) is 0 Å². The van der Waals surface area contributed by atoms with E-state index < -0.39 is 17.7 Å². The summed E-state index contributed by atoms with van der Waals surface area (Å²) in [7, 11) is 0. The molecule has 4 rings (SSSR count). The Bertz CT molecular complexity index is 1300. The van der Waals surface area contributed by atoms with Crippen LogP contribution >= 0.6 is 35.0 Å². The van der Waals surface area contributed by atoms with Crippen molar-refractivity contribution in [2.24, 2.45) is 0 Å². The molecule has 0 aliphatic rings. The maximum absolute atomic E-state index is 12.6. The highest BCUT2D eigenvalue weighted by atomic mass is 35.5. The third-order valence-corrected chi connectivity index (χ3v) is 6.33. The van der Waals surface area contributed by atoms with E-state index in [0.29, 0.717) is 33.3 Å². The minimum absolute atomic E-state index is 0.292. The van der Waals surface area contributed by atoms with E-state index in [1.54, 1.807) is 12.1 Å². The lowest BCUT2D eigenvalue weighted by Gasteiger charge is -2.22. The molecule has 2 aromatic heterocycles. The zero-order valence-electron chi connectivity index (χ0n) is 18.9. The lowest BCUT2D eigenvalue weighted by molar-refractivity contribution is 0.0494. The highest BCUT2D eigenvalue weighted by molar-refractivity contribution is 7.98.